The SMILES string of the molecule is CCOC1CC(NC(=O)CNC(=O)Cc2cccc(F)c2)(C(=O)O)C1(C)C. The third-order valence-corrected chi connectivity index (χ3v) is 5.18. The second kappa shape index (κ2) is 8.04. The average Bonchev–Trinajstić information content (AvgIpc) is 2.58. The highest BCUT2D eigenvalue weighted by molar-refractivity contribution is 5.92. The second-order valence-electron chi connectivity index (χ2n) is 7.21. The zero-order valence-electron chi connectivity index (χ0n) is 15.7. The number of benzene rings is 1. The Kier molecular flexibility index (Phi) is 6.20. The third-order valence-electron chi connectivity index (χ3n) is 5.18. The largest absolute Gasteiger partial charge is 0.479 e. The second-order valence-corrected chi connectivity index (χ2v) is 7.21. The van der Waals surface area contributed by atoms with Crippen LogP contribution < -0.4 is 10.6 Å². The first kappa shape index (κ1) is 20.8. The highest BCUT2D eigenvalue weighted by Gasteiger charge is 2.66. The summed E-state index contributed by atoms with van der Waals surface area (Å²) in [5.74, 6) is -2.64. The minimum Gasteiger partial charge on any atom is -0.479 e. The maximum atomic E-state index is 13.1. The summed E-state index contributed by atoms with van der Waals surface area (Å²) >= 11 is 0. The fourth-order valence-corrected chi connectivity index (χ4v) is 3.39. The Labute approximate surface area is 157 Å². The van der Waals surface area contributed by atoms with Crippen molar-refractivity contribution in [3.8, 4) is 0 Å². The van der Waals surface area contributed by atoms with E-state index in [1.807, 2.05) is 6.92 Å². The predicted octanol–water partition coefficient (Wildman–Crippen LogP) is 1.26. The maximum Gasteiger partial charge on any atom is 0.330 e. The molecule has 2 unspecified atom stereocenters. The number of nitrogens with one attached hydrogen (secondary N) is 2. The van der Waals surface area contributed by atoms with Gasteiger partial charge in [0.15, 0.2) is 0 Å². The molecule has 7 nitrogen and oxygen atoms in total. The quantitative estimate of drug-likeness (QED) is 0.630. The molecule has 0 aromatic heterocycles. The number of carbonyl (C=O) groups is 3. The molecule has 2 amide bonds. The zero-order chi connectivity index (χ0) is 20.2. The molecule has 1 aromatic carbocycles. The predicted molar refractivity (Wildman–Crippen MR) is 95.4 cm³/mol. The van der Waals surface area contributed by atoms with Gasteiger partial charge in [0.25, 0.3) is 0 Å². The monoisotopic (exact) mass is 380 g/mol. The molecule has 1 aliphatic rings. The number of amides is 2. The summed E-state index contributed by atoms with van der Waals surface area (Å²) in [6.45, 7) is 5.37. The summed E-state index contributed by atoms with van der Waals surface area (Å²) in [7, 11) is 0. The number of aliphatic carboxylic acids is 1. The van der Waals surface area contributed by atoms with E-state index in [1.165, 1.54) is 18.2 Å². The van der Waals surface area contributed by atoms with Gasteiger partial charge >= 0.3 is 5.97 Å². The van der Waals surface area contributed by atoms with Crippen LogP contribution in [0.3, 0.4) is 0 Å². The molecule has 0 bridgehead atoms. The number of ether oxygens (including phenoxy) is 1. The van der Waals surface area contributed by atoms with E-state index < -0.39 is 34.6 Å². The van der Waals surface area contributed by atoms with Crippen LogP contribution >= 0.6 is 0 Å². The molecule has 0 heterocycles. The van der Waals surface area contributed by atoms with Crippen LogP contribution in [0.2, 0.25) is 0 Å². The summed E-state index contributed by atoms with van der Waals surface area (Å²) in [6, 6.07) is 5.61. The van der Waals surface area contributed by atoms with Crippen LogP contribution in [0.1, 0.15) is 32.8 Å². The summed E-state index contributed by atoms with van der Waals surface area (Å²) < 4.78 is 18.7. The first-order valence-electron chi connectivity index (χ1n) is 8.79. The van der Waals surface area contributed by atoms with E-state index in [0.717, 1.165) is 0 Å². The maximum absolute atomic E-state index is 13.1. The lowest BCUT2D eigenvalue weighted by atomic mass is 9.54. The number of carboxylic acids is 1. The van der Waals surface area contributed by atoms with Crippen molar-refractivity contribution in [2.75, 3.05) is 13.2 Å². The van der Waals surface area contributed by atoms with Crippen LogP contribution in [0.15, 0.2) is 24.3 Å². The number of halogens is 1. The van der Waals surface area contributed by atoms with Crippen molar-refractivity contribution in [2.24, 2.45) is 5.41 Å². The van der Waals surface area contributed by atoms with Gasteiger partial charge in [-0.05, 0) is 24.6 Å². The van der Waals surface area contributed by atoms with Gasteiger partial charge in [-0.3, -0.25) is 9.59 Å². The molecule has 2 rings (SSSR count). The van der Waals surface area contributed by atoms with Crippen molar-refractivity contribution >= 4 is 17.8 Å². The lowest BCUT2D eigenvalue weighted by Gasteiger charge is -2.58. The molecular formula is C19H25FN2O5. The Balaban J connectivity index is 1.92. The van der Waals surface area contributed by atoms with E-state index in [2.05, 4.69) is 10.6 Å². The van der Waals surface area contributed by atoms with Crippen molar-refractivity contribution in [1.29, 1.82) is 0 Å². The molecule has 2 atom stereocenters. The molecule has 1 aromatic rings. The Morgan fingerprint density at radius 1 is 1.30 bits per heavy atom. The van der Waals surface area contributed by atoms with E-state index in [-0.39, 0.29) is 25.5 Å². The summed E-state index contributed by atoms with van der Waals surface area (Å²) in [5.41, 5.74) is -1.76. The molecule has 0 radical (unpaired) electrons. The van der Waals surface area contributed by atoms with E-state index in [1.54, 1.807) is 19.9 Å². The number of carbonyl (C=O) groups excluding carboxylic acids is 2. The molecule has 0 aliphatic heterocycles. The van der Waals surface area contributed by atoms with Crippen molar-refractivity contribution in [1.82, 2.24) is 10.6 Å². The molecule has 1 saturated carbocycles. The summed E-state index contributed by atoms with van der Waals surface area (Å²) in [5, 5.41) is 14.6. The van der Waals surface area contributed by atoms with Crippen molar-refractivity contribution in [2.45, 2.75) is 45.3 Å². The van der Waals surface area contributed by atoms with Crippen molar-refractivity contribution in [3.63, 3.8) is 0 Å². The minimum absolute atomic E-state index is 0.0764. The molecule has 8 heteroatoms. The van der Waals surface area contributed by atoms with Crippen LogP contribution in [-0.2, 0) is 25.5 Å². The first-order chi connectivity index (χ1) is 12.6. The number of rotatable bonds is 8. The fraction of sp³-hybridized carbons (Fsp3) is 0.526. The average molecular weight is 380 g/mol. The Bertz CT molecular complexity index is 737. The van der Waals surface area contributed by atoms with Gasteiger partial charge in [-0.25, -0.2) is 9.18 Å². The lowest BCUT2D eigenvalue weighted by molar-refractivity contribution is -0.194. The molecule has 148 valence electrons. The summed E-state index contributed by atoms with van der Waals surface area (Å²) in [6.07, 6.45) is -0.194. The summed E-state index contributed by atoms with van der Waals surface area (Å²) in [4.78, 5) is 36.0. The molecule has 1 aliphatic carbocycles. The molecule has 1 fully saturated rings. The van der Waals surface area contributed by atoms with E-state index in [9.17, 15) is 23.9 Å². The minimum atomic E-state index is -1.45. The van der Waals surface area contributed by atoms with Crippen LogP contribution in [0.25, 0.3) is 0 Å². The Morgan fingerprint density at radius 3 is 2.56 bits per heavy atom. The first-order valence-corrected chi connectivity index (χ1v) is 8.79. The normalized spacial score (nSPS) is 23.2. The van der Waals surface area contributed by atoms with Gasteiger partial charge in [-0.1, -0.05) is 26.0 Å². The lowest BCUT2D eigenvalue weighted by Crippen LogP contribution is -2.76. The standard InChI is InChI=1S/C19H25FN2O5/c1-4-27-14-10-19(17(25)26,18(14,2)3)22-16(24)11-21-15(23)9-12-6-5-7-13(20)8-12/h5-8,14H,4,9-11H2,1-3H3,(H,21,23)(H,22,24)(H,25,26). The van der Waals surface area contributed by atoms with Gasteiger partial charge in [-0.2, -0.15) is 0 Å². The van der Waals surface area contributed by atoms with E-state index in [0.29, 0.717) is 12.2 Å². The van der Waals surface area contributed by atoms with Crippen LogP contribution in [0.4, 0.5) is 4.39 Å². The molecule has 0 spiro atoms. The fourth-order valence-electron chi connectivity index (χ4n) is 3.39. The van der Waals surface area contributed by atoms with Gasteiger partial charge in [-0.15, -0.1) is 0 Å². The van der Waals surface area contributed by atoms with Crippen molar-refractivity contribution < 1.29 is 28.6 Å². The third kappa shape index (κ3) is 4.27. The number of carboxylic acid groups (broad SMARTS) is 1. The smallest absolute Gasteiger partial charge is 0.330 e. The van der Waals surface area contributed by atoms with Crippen LogP contribution in [-0.4, -0.2) is 47.7 Å². The molecule has 3 N–H and O–H groups in total. The Morgan fingerprint density at radius 2 is 2.00 bits per heavy atom. The van der Waals surface area contributed by atoms with E-state index >= 15 is 0 Å². The van der Waals surface area contributed by atoms with E-state index in [4.69, 9.17) is 4.74 Å². The highest BCUT2D eigenvalue weighted by atomic mass is 19.1. The van der Waals surface area contributed by atoms with Crippen LogP contribution in [0.5, 0.6) is 0 Å². The van der Waals surface area contributed by atoms with Crippen LogP contribution in [0, 0.1) is 11.2 Å². The topological polar surface area (TPSA) is 105 Å². The van der Waals surface area contributed by atoms with Gasteiger partial charge in [0.05, 0.1) is 19.1 Å². The molecule has 27 heavy (non-hydrogen) atoms. The Hall–Kier alpha value is -2.48. The van der Waals surface area contributed by atoms with Gasteiger partial charge in [0.2, 0.25) is 11.8 Å². The van der Waals surface area contributed by atoms with Gasteiger partial charge < -0.3 is 20.5 Å². The zero-order valence-corrected chi connectivity index (χ0v) is 15.7. The molecular weight excluding hydrogens is 355 g/mol. The number of hydrogen-bond acceptors (Lipinski definition) is 4. The van der Waals surface area contributed by atoms with Crippen molar-refractivity contribution in [3.05, 3.63) is 35.6 Å². The highest BCUT2D eigenvalue weighted by Crippen LogP contribution is 2.51. The van der Waals surface area contributed by atoms with Gasteiger partial charge in [0, 0.05) is 18.4 Å². The van der Waals surface area contributed by atoms with Gasteiger partial charge in [0.1, 0.15) is 11.4 Å². The number of hydrogen-bond donors (Lipinski definition) is 3. The molecule has 0 saturated heterocycles.